The molecule has 8 nitrogen and oxygen atoms in total. The summed E-state index contributed by atoms with van der Waals surface area (Å²) in [5, 5.41) is 4.36. The van der Waals surface area contributed by atoms with Crippen molar-refractivity contribution in [3.05, 3.63) is 41.7 Å². The van der Waals surface area contributed by atoms with Gasteiger partial charge in [-0.25, -0.2) is 9.97 Å². The van der Waals surface area contributed by atoms with E-state index in [9.17, 15) is 4.79 Å². The molecule has 1 amide bonds. The van der Waals surface area contributed by atoms with Crippen molar-refractivity contribution in [3.8, 4) is 0 Å². The molecule has 0 spiro atoms. The first kappa shape index (κ1) is 19.6. The Morgan fingerprint density at radius 1 is 1.10 bits per heavy atom. The van der Waals surface area contributed by atoms with E-state index >= 15 is 0 Å². The van der Waals surface area contributed by atoms with Crippen molar-refractivity contribution < 1.29 is 9.53 Å². The van der Waals surface area contributed by atoms with E-state index in [2.05, 4.69) is 20.0 Å². The number of carbonyl (C=O) groups is 1. The van der Waals surface area contributed by atoms with Crippen molar-refractivity contribution in [2.24, 2.45) is 7.05 Å². The van der Waals surface area contributed by atoms with E-state index < -0.39 is 0 Å². The van der Waals surface area contributed by atoms with Crippen LogP contribution in [0, 0.1) is 0 Å². The van der Waals surface area contributed by atoms with Gasteiger partial charge < -0.3 is 14.5 Å². The molecule has 30 heavy (non-hydrogen) atoms. The average molecular weight is 411 g/mol. The van der Waals surface area contributed by atoms with Crippen LogP contribution in [0.15, 0.2) is 24.8 Å². The van der Waals surface area contributed by atoms with E-state index in [4.69, 9.17) is 4.74 Å². The van der Waals surface area contributed by atoms with E-state index in [-0.39, 0.29) is 18.1 Å². The monoisotopic (exact) mass is 410 g/mol. The molecule has 2 aliphatic heterocycles. The average Bonchev–Trinajstić information content (AvgIpc) is 3.55. The molecule has 3 fully saturated rings. The van der Waals surface area contributed by atoms with Crippen LogP contribution in [-0.4, -0.2) is 74.3 Å². The van der Waals surface area contributed by atoms with Crippen LogP contribution in [0.4, 0.5) is 0 Å². The molecule has 0 unspecified atom stereocenters. The first-order valence-corrected chi connectivity index (χ1v) is 11.1. The van der Waals surface area contributed by atoms with E-state index in [1.807, 2.05) is 24.3 Å². The quantitative estimate of drug-likeness (QED) is 0.752. The minimum Gasteiger partial charge on any atom is -0.373 e. The number of morpholine rings is 1. The Morgan fingerprint density at radius 3 is 2.53 bits per heavy atom. The number of aryl methyl sites for hydroxylation is 1. The lowest BCUT2D eigenvalue weighted by Crippen LogP contribution is -2.52. The number of hydrogen-bond donors (Lipinski definition) is 0. The van der Waals surface area contributed by atoms with Gasteiger partial charge in [0, 0.05) is 50.2 Å². The summed E-state index contributed by atoms with van der Waals surface area (Å²) >= 11 is 0. The highest BCUT2D eigenvalue weighted by atomic mass is 16.5. The van der Waals surface area contributed by atoms with Crippen molar-refractivity contribution in [2.75, 3.05) is 32.8 Å². The van der Waals surface area contributed by atoms with Crippen molar-refractivity contribution >= 4 is 5.91 Å². The third-order valence-electron chi connectivity index (χ3n) is 6.43. The van der Waals surface area contributed by atoms with E-state index in [1.165, 1.54) is 19.3 Å². The summed E-state index contributed by atoms with van der Waals surface area (Å²) in [4.78, 5) is 26.8. The molecule has 4 heterocycles. The van der Waals surface area contributed by atoms with Crippen LogP contribution in [0.1, 0.15) is 65.8 Å². The molecule has 0 radical (unpaired) electrons. The lowest BCUT2D eigenvalue weighted by atomic mass is 9.98. The number of likely N-dealkylation sites (tertiary alicyclic amines) is 1. The van der Waals surface area contributed by atoms with Gasteiger partial charge in [-0.2, -0.15) is 5.10 Å². The number of ether oxygens (including phenoxy) is 1. The minimum absolute atomic E-state index is 0.0295. The fourth-order valence-corrected chi connectivity index (χ4v) is 4.66. The predicted octanol–water partition coefficient (Wildman–Crippen LogP) is 2.16. The van der Waals surface area contributed by atoms with Crippen molar-refractivity contribution in [2.45, 2.75) is 50.2 Å². The Kier molecular flexibility index (Phi) is 5.52. The molecule has 2 aromatic heterocycles. The zero-order valence-electron chi connectivity index (χ0n) is 17.6. The summed E-state index contributed by atoms with van der Waals surface area (Å²) in [5.74, 6) is 1.31. The highest BCUT2D eigenvalue weighted by molar-refractivity contribution is 5.94. The van der Waals surface area contributed by atoms with Crippen LogP contribution in [0.2, 0.25) is 0 Å². The Morgan fingerprint density at radius 2 is 1.87 bits per heavy atom. The fourth-order valence-electron chi connectivity index (χ4n) is 4.66. The van der Waals surface area contributed by atoms with E-state index in [0.717, 1.165) is 43.9 Å². The molecular formula is C22H30N6O2. The fraction of sp³-hybridized carbons (Fsp3) is 0.636. The summed E-state index contributed by atoms with van der Waals surface area (Å²) in [6, 6.07) is -0.162. The van der Waals surface area contributed by atoms with E-state index in [0.29, 0.717) is 24.6 Å². The van der Waals surface area contributed by atoms with Crippen LogP contribution in [0.5, 0.6) is 0 Å². The molecule has 0 bridgehead atoms. The number of amides is 1. The van der Waals surface area contributed by atoms with E-state index in [1.54, 1.807) is 17.1 Å². The third-order valence-corrected chi connectivity index (χ3v) is 6.43. The molecule has 1 aliphatic carbocycles. The lowest BCUT2D eigenvalue weighted by molar-refractivity contribution is -0.0741. The second-order valence-electron chi connectivity index (χ2n) is 8.77. The molecule has 160 valence electrons. The molecule has 1 saturated carbocycles. The van der Waals surface area contributed by atoms with Gasteiger partial charge in [0.25, 0.3) is 5.91 Å². The van der Waals surface area contributed by atoms with Gasteiger partial charge >= 0.3 is 0 Å². The minimum atomic E-state index is -0.162. The number of hydrogen-bond acceptors (Lipinski definition) is 6. The van der Waals surface area contributed by atoms with Gasteiger partial charge in [0.05, 0.1) is 30.5 Å². The van der Waals surface area contributed by atoms with Crippen molar-refractivity contribution in [1.82, 2.24) is 29.5 Å². The molecule has 2 atom stereocenters. The maximum Gasteiger partial charge on any atom is 0.257 e. The molecule has 5 rings (SSSR count). The first-order chi connectivity index (χ1) is 14.7. The largest absolute Gasteiger partial charge is 0.373 e. The lowest BCUT2D eigenvalue weighted by Gasteiger charge is -2.43. The van der Waals surface area contributed by atoms with Gasteiger partial charge in [0.15, 0.2) is 0 Å². The number of rotatable bonds is 5. The van der Waals surface area contributed by atoms with Gasteiger partial charge in [-0.05, 0) is 38.8 Å². The van der Waals surface area contributed by atoms with Crippen LogP contribution in [0.25, 0.3) is 0 Å². The highest BCUT2D eigenvalue weighted by Crippen LogP contribution is 2.38. The molecule has 3 aliphatic rings. The number of aromatic nitrogens is 4. The maximum absolute atomic E-state index is 13.5. The van der Waals surface area contributed by atoms with Gasteiger partial charge in [-0.3, -0.25) is 9.48 Å². The Labute approximate surface area is 177 Å². The summed E-state index contributed by atoms with van der Waals surface area (Å²) in [7, 11) is 1.91. The zero-order chi connectivity index (χ0) is 20.5. The maximum atomic E-state index is 13.5. The van der Waals surface area contributed by atoms with Crippen LogP contribution >= 0.6 is 0 Å². The van der Waals surface area contributed by atoms with Crippen molar-refractivity contribution in [3.63, 3.8) is 0 Å². The molecule has 0 aromatic carbocycles. The predicted molar refractivity (Wildman–Crippen MR) is 111 cm³/mol. The Balaban J connectivity index is 1.40. The highest BCUT2D eigenvalue weighted by Gasteiger charge is 2.39. The zero-order valence-corrected chi connectivity index (χ0v) is 17.6. The molecule has 2 aromatic rings. The van der Waals surface area contributed by atoms with Gasteiger partial charge in [0.2, 0.25) is 0 Å². The second kappa shape index (κ2) is 8.43. The van der Waals surface area contributed by atoms with Crippen molar-refractivity contribution in [1.29, 1.82) is 0 Å². The SMILES string of the molecule is Cn1cc([C@H]2[C@H](CN3CCCCC3)OCCN2C(=O)c2cnc(C3CC3)nc2)cn1. The second-order valence-corrected chi connectivity index (χ2v) is 8.77. The normalized spacial score (nSPS) is 25.4. The summed E-state index contributed by atoms with van der Waals surface area (Å²) in [6.07, 6.45) is 13.2. The van der Waals surface area contributed by atoms with Crippen LogP contribution in [0.3, 0.4) is 0 Å². The Hall–Kier alpha value is -2.32. The topological polar surface area (TPSA) is 76.4 Å². The molecule has 0 N–H and O–H groups in total. The molecular weight excluding hydrogens is 380 g/mol. The standard InChI is InChI=1S/C22H30N6O2/c1-26-14-18(13-25-26)20-19(15-27-7-3-2-4-8-27)30-10-9-28(20)22(29)17-11-23-21(24-12-17)16-5-6-16/h11-14,16,19-20H,2-10,15H2,1H3/t19-,20-/m0/s1. The molecule has 2 saturated heterocycles. The van der Waals surface area contributed by atoms with Crippen LogP contribution < -0.4 is 0 Å². The summed E-state index contributed by atoms with van der Waals surface area (Å²) in [6.45, 7) is 4.13. The van der Waals surface area contributed by atoms with Gasteiger partial charge in [-0.15, -0.1) is 0 Å². The summed E-state index contributed by atoms with van der Waals surface area (Å²) in [5.41, 5.74) is 1.56. The number of piperidine rings is 1. The molecule has 8 heteroatoms. The van der Waals surface area contributed by atoms with Gasteiger partial charge in [-0.1, -0.05) is 6.42 Å². The summed E-state index contributed by atoms with van der Waals surface area (Å²) < 4.78 is 8.02. The number of carbonyl (C=O) groups excluding carboxylic acids is 1. The number of nitrogens with zero attached hydrogens (tertiary/aromatic N) is 6. The van der Waals surface area contributed by atoms with Gasteiger partial charge in [0.1, 0.15) is 5.82 Å². The third kappa shape index (κ3) is 4.11. The van der Waals surface area contributed by atoms with Crippen LogP contribution in [-0.2, 0) is 11.8 Å². The smallest absolute Gasteiger partial charge is 0.257 e. The Bertz CT molecular complexity index is 872. The first-order valence-electron chi connectivity index (χ1n) is 11.1.